The van der Waals surface area contributed by atoms with Gasteiger partial charge in [-0.1, -0.05) is 33.1 Å². The Hall–Kier alpha value is -0.440. The third-order valence-electron chi connectivity index (χ3n) is 1.78. The Labute approximate surface area is 65.0 Å². The molecule has 58 valence electrons. The zero-order valence-corrected chi connectivity index (χ0v) is 7.19. The largest absolute Gasteiger partial charge is 0.120 e. The molecule has 0 rings (SSSR count). The molecule has 0 radical (unpaired) electrons. The van der Waals surface area contributed by atoms with E-state index >= 15 is 0 Å². The Morgan fingerprint density at radius 3 is 2.30 bits per heavy atom. The van der Waals surface area contributed by atoms with Crippen LogP contribution in [-0.2, 0) is 0 Å². The van der Waals surface area contributed by atoms with E-state index < -0.39 is 0 Å². The summed E-state index contributed by atoms with van der Waals surface area (Å²) in [6, 6.07) is 0. The van der Waals surface area contributed by atoms with Crippen molar-refractivity contribution in [3.05, 3.63) is 0 Å². The molecule has 0 aromatic carbocycles. The Morgan fingerprint density at radius 2 is 1.90 bits per heavy atom. The van der Waals surface area contributed by atoms with Gasteiger partial charge in [0.15, 0.2) is 0 Å². The first-order valence-corrected chi connectivity index (χ1v) is 4.31. The lowest BCUT2D eigenvalue weighted by Crippen LogP contribution is -1.95. The highest BCUT2D eigenvalue weighted by Crippen LogP contribution is 2.12. The van der Waals surface area contributed by atoms with Crippen molar-refractivity contribution in [1.82, 2.24) is 0 Å². The Balaban J connectivity index is 3.33. The normalized spacial score (nSPS) is 12.5. The lowest BCUT2D eigenvalue weighted by molar-refractivity contribution is 0.527. The maximum atomic E-state index is 5.35. The van der Waals surface area contributed by atoms with Gasteiger partial charge in [-0.05, 0) is 12.8 Å². The van der Waals surface area contributed by atoms with E-state index in [0.717, 1.165) is 0 Å². The summed E-state index contributed by atoms with van der Waals surface area (Å²) in [6.45, 7) is 4.40. The molecule has 1 atom stereocenters. The summed E-state index contributed by atoms with van der Waals surface area (Å²) >= 11 is 0. The van der Waals surface area contributed by atoms with E-state index in [4.69, 9.17) is 6.42 Å². The predicted octanol–water partition coefficient (Wildman–Crippen LogP) is 3.23. The van der Waals surface area contributed by atoms with Crippen molar-refractivity contribution in [2.75, 3.05) is 0 Å². The lowest BCUT2D eigenvalue weighted by atomic mass is 9.98. The molecule has 0 heterocycles. The maximum absolute atomic E-state index is 5.35. The van der Waals surface area contributed by atoms with E-state index in [9.17, 15) is 0 Å². The molecule has 0 aromatic heterocycles. The van der Waals surface area contributed by atoms with Gasteiger partial charge in [-0.2, -0.15) is 0 Å². The number of terminal acetylenes is 1. The molecular weight excluding hydrogens is 120 g/mol. The molecule has 0 heteroatoms. The van der Waals surface area contributed by atoms with Gasteiger partial charge in [-0.3, -0.25) is 0 Å². The van der Waals surface area contributed by atoms with Crippen LogP contribution in [0.5, 0.6) is 0 Å². The minimum atomic E-state index is 0.546. The zero-order chi connectivity index (χ0) is 7.82. The van der Waals surface area contributed by atoms with Crippen molar-refractivity contribution < 1.29 is 0 Å². The van der Waals surface area contributed by atoms with Crippen molar-refractivity contribution >= 4 is 0 Å². The molecule has 0 saturated carbocycles. The SMILES string of the molecule is C#CC(CCC)CCCC. The molecule has 0 amide bonds. The van der Waals surface area contributed by atoms with Crippen molar-refractivity contribution in [1.29, 1.82) is 0 Å². The molecule has 1 unspecified atom stereocenters. The first kappa shape index (κ1) is 9.56. The average Bonchev–Trinajstić information content (AvgIpc) is 1.98. The van der Waals surface area contributed by atoms with E-state index in [1.165, 1.54) is 32.1 Å². The van der Waals surface area contributed by atoms with Gasteiger partial charge in [-0.25, -0.2) is 0 Å². The van der Waals surface area contributed by atoms with Crippen LogP contribution < -0.4 is 0 Å². The summed E-state index contributed by atoms with van der Waals surface area (Å²) in [7, 11) is 0. The van der Waals surface area contributed by atoms with Crippen LogP contribution in [0.25, 0.3) is 0 Å². The van der Waals surface area contributed by atoms with Crippen molar-refractivity contribution in [2.45, 2.75) is 46.0 Å². The summed E-state index contributed by atoms with van der Waals surface area (Å²) in [5, 5.41) is 0. The van der Waals surface area contributed by atoms with Gasteiger partial charge in [0.05, 0.1) is 0 Å². The highest BCUT2D eigenvalue weighted by atomic mass is 14.0. The van der Waals surface area contributed by atoms with Gasteiger partial charge >= 0.3 is 0 Å². The smallest absolute Gasteiger partial charge is 0.0200 e. The highest BCUT2D eigenvalue weighted by Gasteiger charge is 2.00. The first-order valence-electron chi connectivity index (χ1n) is 4.31. The second kappa shape index (κ2) is 6.68. The van der Waals surface area contributed by atoms with E-state index in [-0.39, 0.29) is 0 Å². The molecule has 0 saturated heterocycles. The van der Waals surface area contributed by atoms with Gasteiger partial charge in [0.1, 0.15) is 0 Å². The molecule has 0 aromatic rings. The topological polar surface area (TPSA) is 0 Å². The standard InChI is InChI=1S/C10H18/c1-4-7-9-10(6-3)8-5-2/h3,10H,4-5,7-9H2,1-2H3. The van der Waals surface area contributed by atoms with Crippen LogP contribution in [0, 0.1) is 18.3 Å². The van der Waals surface area contributed by atoms with Crippen molar-refractivity contribution in [2.24, 2.45) is 5.92 Å². The van der Waals surface area contributed by atoms with Gasteiger partial charge in [0.2, 0.25) is 0 Å². The third-order valence-corrected chi connectivity index (χ3v) is 1.78. The van der Waals surface area contributed by atoms with Crippen LogP contribution >= 0.6 is 0 Å². The molecule has 0 aliphatic heterocycles. The molecule has 0 N–H and O–H groups in total. The fourth-order valence-electron chi connectivity index (χ4n) is 1.11. The van der Waals surface area contributed by atoms with Crippen LogP contribution in [0.3, 0.4) is 0 Å². The predicted molar refractivity (Wildman–Crippen MR) is 46.8 cm³/mol. The lowest BCUT2D eigenvalue weighted by Gasteiger charge is -2.06. The molecule has 0 bridgehead atoms. The second-order valence-corrected chi connectivity index (χ2v) is 2.79. The maximum Gasteiger partial charge on any atom is 0.0200 e. The summed E-state index contributed by atoms with van der Waals surface area (Å²) in [5.41, 5.74) is 0. The minimum Gasteiger partial charge on any atom is -0.120 e. The van der Waals surface area contributed by atoms with Crippen LogP contribution in [0.1, 0.15) is 46.0 Å². The summed E-state index contributed by atoms with van der Waals surface area (Å²) < 4.78 is 0. The van der Waals surface area contributed by atoms with Gasteiger partial charge < -0.3 is 0 Å². The van der Waals surface area contributed by atoms with Crippen LogP contribution in [0.2, 0.25) is 0 Å². The highest BCUT2D eigenvalue weighted by molar-refractivity contribution is 4.92. The number of hydrogen-bond acceptors (Lipinski definition) is 0. The Kier molecular flexibility index (Phi) is 6.38. The third kappa shape index (κ3) is 4.44. The van der Waals surface area contributed by atoms with Gasteiger partial charge in [-0.15, -0.1) is 12.3 Å². The Morgan fingerprint density at radius 1 is 1.20 bits per heavy atom. The van der Waals surface area contributed by atoms with E-state index in [1.54, 1.807) is 0 Å². The van der Waals surface area contributed by atoms with E-state index in [2.05, 4.69) is 19.8 Å². The molecular formula is C10H18. The number of rotatable bonds is 5. The zero-order valence-electron chi connectivity index (χ0n) is 7.19. The van der Waals surface area contributed by atoms with Crippen molar-refractivity contribution in [3.8, 4) is 12.3 Å². The van der Waals surface area contributed by atoms with Crippen LogP contribution in [-0.4, -0.2) is 0 Å². The van der Waals surface area contributed by atoms with Crippen molar-refractivity contribution in [3.63, 3.8) is 0 Å². The molecule has 0 fully saturated rings. The second-order valence-electron chi connectivity index (χ2n) is 2.79. The summed E-state index contributed by atoms with van der Waals surface area (Å²) in [4.78, 5) is 0. The van der Waals surface area contributed by atoms with Crippen LogP contribution in [0.4, 0.5) is 0 Å². The molecule has 0 aliphatic carbocycles. The monoisotopic (exact) mass is 138 g/mol. The minimum absolute atomic E-state index is 0.546. The summed E-state index contributed by atoms with van der Waals surface area (Å²) in [6.07, 6.45) is 11.6. The molecule has 10 heavy (non-hydrogen) atoms. The quantitative estimate of drug-likeness (QED) is 0.512. The number of unbranched alkanes of at least 4 members (excludes halogenated alkanes) is 1. The van der Waals surface area contributed by atoms with Gasteiger partial charge in [0.25, 0.3) is 0 Å². The number of hydrogen-bond donors (Lipinski definition) is 0. The fraction of sp³-hybridized carbons (Fsp3) is 0.800. The van der Waals surface area contributed by atoms with Crippen LogP contribution in [0.15, 0.2) is 0 Å². The first-order chi connectivity index (χ1) is 4.85. The summed E-state index contributed by atoms with van der Waals surface area (Å²) in [5.74, 6) is 3.38. The molecule has 0 nitrogen and oxygen atoms in total. The Bertz CT molecular complexity index is 97.1. The average molecular weight is 138 g/mol. The van der Waals surface area contributed by atoms with Gasteiger partial charge in [0, 0.05) is 5.92 Å². The van der Waals surface area contributed by atoms with E-state index in [1.807, 2.05) is 0 Å². The molecule has 0 aliphatic rings. The fourth-order valence-corrected chi connectivity index (χ4v) is 1.11. The van der Waals surface area contributed by atoms with E-state index in [0.29, 0.717) is 5.92 Å². The molecule has 0 spiro atoms.